The maximum absolute atomic E-state index is 13.9. The van der Waals surface area contributed by atoms with Crippen LogP contribution in [0.15, 0.2) is 47.4 Å². The molecule has 2 rings (SSSR count). The highest BCUT2D eigenvalue weighted by Crippen LogP contribution is 2.17. The van der Waals surface area contributed by atoms with E-state index >= 15 is 0 Å². The Kier molecular flexibility index (Phi) is 8.66. The van der Waals surface area contributed by atoms with Gasteiger partial charge in [-0.25, -0.2) is 17.6 Å². The normalized spacial score (nSPS) is 12.2. The van der Waals surface area contributed by atoms with Crippen LogP contribution >= 0.6 is 0 Å². The molecular formula is C22H26FN3O6S. The first-order valence-corrected chi connectivity index (χ1v) is 11.5. The molecule has 3 amide bonds. The summed E-state index contributed by atoms with van der Waals surface area (Å²) in [6.07, 6.45) is 0. The molecular weight excluding hydrogens is 453 g/mol. The van der Waals surface area contributed by atoms with Crippen molar-refractivity contribution in [3.05, 3.63) is 59.4 Å². The SMILES string of the molecule is Cc1ccc(NC(=O)NC(=O)COC(=O)[C@@H](NS(=O)(=O)c2ccccc2F)C(C)C)c(C)c1. The molecule has 0 saturated heterocycles. The van der Waals surface area contributed by atoms with Gasteiger partial charge in [0.05, 0.1) is 0 Å². The Labute approximate surface area is 191 Å². The van der Waals surface area contributed by atoms with E-state index in [9.17, 15) is 27.2 Å². The number of halogens is 1. The van der Waals surface area contributed by atoms with Gasteiger partial charge in [-0.3, -0.25) is 14.9 Å². The third kappa shape index (κ3) is 7.36. The number of urea groups is 1. The standard InChI is InChI=1S/C22H26FN3O6S/c1-13(2)20(26-33(30,31)18-8-6-5-7-16(18)23)21(28)32-12-19(27)25-22(29)24-17-10-9-14(3)11-15(17)4/h5-11,13,20,26H,12H2,1-4H3,(H2,24,25,27,29)/t20-/m0/s1. The number of rotatable bonds is 8. The lowest BCUT2D eigenvalue weighted by Gasteiger charge is -2.20. The Morgan fingerprint density at radius 1 is 1.06 bits per heavy atom. The number of nitrogens with one attached hydrogen (secondary N) is 3. The number of aryl methyl sites for hydroxylation is 2. The van der Waals surface area contributed by atoms with Crippen molar-refractivity contribution in [2.75, 3.05) is 11.9 Å². The van der Waals surface area contributed by atoms with Crippen LogP contribution in [0.4, 0.5) is 14.9 Å². The topological polar surface area (TPSA) is 131 Å². The molecule has 0 heterocycles. The van der Waals surface area contributed by atoms with E-state index in [2.05, 4.69) is 10.0 Å². The lowest BCUT2D eigenvalue weighted by molar-refractivity contribution is -0.150. The molecule has 0 aromatic heterocycles. The number of benzene rings is 2. The number of ether oxygens (including phenoxy) is 1. The van der Waals surface area contributed by atoms with Gasteiger partial charge in [0.1, 0.15) is 16.8 Å². The van der Waals surface area contributed by atoms with Gasteiger partial charge in [-0.2, -0.15) is 4.72 Å². The van der Waals surface area contributed by atoms with Crippen molar-refractivity contribution in [1.82, 2.24) is 10.0 Å². The Morgan fingerprint density at radius 2 is 1.73 bits per heavy atom. The molecule has 0 aliphatic carbocycles. The van der Waals surface area contributed by atoms with E-state index in [1.54, 1.807) is 32.9 Å². The zero-order chi connectivity index (χ0) is 24.8. The largest absolute Gasteiger partial charge is 0.454 e. The van der Waals surface area contributed by atoms with E-state index in [0.717, 1.165) is 23.3 Å². The molecule has 0 unspecified atom stereocenters. The van der Waals surface area contributed by atoms with E-state index in [0.29, 0.717) is 5.69 Å². The van der Waals surface area contributed by atoms with E-state index in [1.165, 1.54) is 12.1 Å². The van der Waals surface area contributed by atoms with Crippen molar-refractivity contribution in [3.63, 3.8) is 0 Å². The van der Waals surface area contributed by atoms with Crippen LogP contribution in [0.25, 0.3) is 0 Å². The smallest absolute Gasteiger partial charge is 0.325 e. The Morgan fingerprint density at radius 3 is 2.33 bits per heavy atom. The minimum atomic E-state index is -4.37. The molecule has 2 aromatic rings. The van der Waals surface area contributed by atoms with Gasteiger partial charge in [-0.05, 0) is 43.5 Å². The summed E-state index contributed by atoms with van der Waals surface area (Å²) in [6, 6.07) is 7.84. The fourth-order valence-electron chi connectivity index (χ4n) is 2.85. The van der Waals surface area contributed by atoms with E-state index < -0.39 is 57.2 Å². The van der Waals surface area contributed by atoms with Gasteiger partial charge in [-0.15, -0.1) is 0 Å². The van der Waals surface area contributed by atoms with Crippen LogP contribution in [0.2, 0.25) is 0 Å². The van der Waals surface area contributed by atoms with Gasteiger partial charge >= 0.3 is 12.0 Å². The lowest BCUT2D eigenvalue weighted by atomic mass is 10.1. The highest BCUT2D eigenvalue weighted by atomic mass is 32.2. The molecule has 9 nitrogen and oxygen atoms in total. The number of carbonyl (C=O) groups excluding carboxylic acids is 3. The lowest BCUT2D eigenvalue weighted by Crippen LogP contribution is -2.46. The van der Waals surface area contributed by atoms with E-state index in [1.807, 2.05) is 18.3 Å². The number of carbonyl (C=O) groups is 3. The summed E-state index contributed by atoms with van der Waals surface area (Å²) in [5.41, 5.74) is 2.31. The van der Waals surface area contributed by atoms with Gasteiger partial charge < -0.3 is 10.1 Å². The van der Waals surface area contributed by atoms with E-state index in [4.69, 9.17) is 4.74 Å². The molecule has 0 radical (unpaired) electrons. The molecule has 11 heteroatoms. The highest BCUT2D eigenvalue weighted by Gasteiger charge is 2.31. The Bertz CT molecular complexity index is 1150. The molecule has 0 aliphatic rings. The number of sulfonamides is 1. The molecule has 0 spiro atoms. The zero-order valence-corrected chi connectivity index (χ0v) is 19.5. The summed E-state index contributed by atoms with van der Waals surface area (Å²) >= 11 is 0. The van der Waals surface area contributed by atoms with E-state index in [-0.39, 0.29) is 0 Å². The van der Waals surface area contributed by atoms with Crippen molar-refractivity contribution in [1.29, 1.82) is 0 Å². The summed E-state index contributed by atoms with van der Waals surface area (Å²) in [5.74, 6) is -3.51. The second-order valence-electron chi connectivity index (χ2n) is 7.70. The van der Waals surface area contributed by atoms with Crippen LogP contribution in [0, 0.1) is 25.6 Å². The van der Waals surface area contributed by atoms with Crippen molar-refractivity contribution in [2.45, 2.75) is 38.6 Å². The van der Waals surface area contributed by atoms with Crippen LogP contribution in [0.1, 0.15) is 25.0 Å². The first-order valence-electron chi connectivity index (χ1n) is 10.0. The molecule has 3 N–H and O–H groups in total. The monoisotopic (exact) mass is 479 g/mol. The molecule has 0 bridgehead atoms. The molecule has 1 atom stereocenters. The molecule has 0 aliphatic heterocycles. The fraction of sp³-hybridized carbons (Fsp3) is 0.318. The first-order chi connectivity index (χ1) is 15.4. The fourth-order valence-corrected chi connectivity index (χ4v) is 4.26. The summed E-state index contributed by atoms with van der Waals surface area (Å²) < 4.78 is 45.8. The Hall–Kier alpha value is -3.31. The second-order valence-corrected chi connectivity index (χ2v) is 9.38. The summed E-state index contributed by atoms with van der Waals surface area (Å²) in [5, 5.41) is 4.53. The number of esters is 1. The van der Waals surface area contributed by atoms with Gasteiger partial charge in [0.25, 0.3) is 5.91 Å². The van der Waals surface area contributed by atoms with Crippen LogP contribution in [0.3, 0.4) is 0 Å². The van der Waals surface area contributed by atoms with Crippen molar-refractivity contribution >= 4 is 33.6 Å². The molecule has 2 aromatic carbocycles. The quantitative estimate of drug-likeness (QED) is 0.499. The maximum Gasteiger partial charge on any atom is 0.325 e. The zero-order valence-electron chi connectivity index (χ0n) is 18.6. The number of amides is 3. The van der Waals surface area contributed by atoms with Crippen LogP contribution in [-0.4, -0.2) is 39.0 Å². The van der Waals surface area contributed by atoms with Gasteiger partial charge in [0.15, 0.2) is 6.61 Å². The summed E-state index contributed by atoms with van der Waals surface area (Å²) in [6.45, 7) is 5.97. The van der Waals surface area contributed by atoms with Crippen molar-refractivity contribution < 1.29 is 31.9 Å². The maximum atomic E-state index is 13.9. The van der Waals surface area contributed by atoms with Crippen LogP contribution < -0.4 is 15.4 Å². The molecule has 0 fully saturated rings. The van der Waals surface area contributed by atoms with Gasteiger partial charge in [-0.1, -0.05) is 43.7 Å². The molecule has 0 saturated carbocycles. The predicted molar refractivity (Wildman–Crippen MR) is 119 cm³/mol. The average molecular weight is 480 g/mol. The molecule has 178 valence electrons. The van der Waals surface area contributed by atoms with Crippen LogP contribution in [0.5, 0.6) is 0 Å². The van der Waals surface area contributed by atoms with Gasteiger partial charge in [0.2, 0.25) is 10.0 Å². The highest BCUT2D eigenvalue weighted by molar-refractivity contribution is 7.89. The molecule has 33 heavy (non-hydrogen) atoms. The average Bonchev–Trinajstić information content (AvgIpc) is 2.72. The number of anilines is 1. The third-order valence-electron chi connectivity index (χ3n) is 4.56. The predicted octanol–water partition coefficient (Wildman–Crippen LogP) is 2.64. The first kappa shape index (κ1) is 25.9. The van der Waals surface area contributed by atoms with Crippen molar-refractivity contribution in [3.8, 4) is 0 Å². The number of hydrogen-bond acceptors (Lipinski definition) is 6. The summed E-state index contributed by atoms with van der Waals surface area (Å²) in [7, 11) is -4.37. The minimum Gasteiger partial charge on any atom is -0.454 e. The third-order valence-corrected chi connectivity index (χ3v) is 6.03. The number of hydrogen-bond donors (Lipinski definition) is 3. The van der Waals surface area contributed by atoms with Crippen molar-refractivity contribution in [2.24, 2.45) is 5.92 Å². The van der Waals surface area contributed by atoms with Crippen LogP contribution in [-0.2, 0) is 24.3 Å². The second kappa shape index (κ2) is 11.0. The summed E-state index contributed by atoms with van der Waals surface area (Å²) in [4.78, 5) is 35.8. The Balaban J connectivity index is 1.95. The minimum absolute atomic E-state index is 0.505. The van der Waals surface area contributed by atoms with Gasteiger partial charge in [0, 0.05) is 5.69 Å². The number of imide groups is 1.